The van der Waals surface area contributed by atoms with Gasteiger partial charge in [0.15, 0.2) is 4.33 Å². The van der Waals surface area contributed by atoms with Crippen molar-refractivity contribution in [3.05, 3.63) is 70.8 Å². The van der Waals surface area contributed by atoms with Crippen molar-refractivity contribution < 1.29 is 9.59 Å². The summed E-state index contributed by atoms with van der Waals surface area (Å²) in [5.41, 5.74) is 1.87. The predicted molar refractivity (Wildman–Crippen MR) is 85.7 cm³/mol. The van der Waals surface area contributed by atoms with Gasteiger partial charge in [0, 0.05) is 11.1 Å². The first-order valence-corrected chi connectivity index (χ1v) is 7.32. The topological polar surface area (TPSA) is 34.1 Å². The normalized spacial score (nSPS) is 11.2. The molecule has 0 heterocycles. The molecule has 2 nitrogen and oxygen atoms in total. The van der Waals surface area contributed by atoms with Crippen LogP contribution in [0, 0.1) is 0 Å². The maximum Gasteiger partial charge on any atom is 0.252 e. The molecular weight excluding hydrogens is 354 g/mol. The van der Waals surface area contributed by atoms with Crippen molar-refractivity contribution in [1.82, 2.24) is 0 Å². The maximum atomic E-state index is 11.0. The third kappa shape index (κ3) is 3.58. The van der Waals surface area contributed by atoms with Gasteiger partial charge in [0.1, 0.15) is 0 Å². The molecule has 21 heavy (non-hydrogen) atoms. The zero-order chi connectivity index (χ0) is 15.6. The fraction of sp³-hybridized carbons (Fsp3) is 0.0667. The van der Waals surface area contributed by atoms with Crippen LogP contribution in [0.2, 0.25) is 0 Å². The van der Waals surface area contributed by atoms with Crippen molar-refractivity contribution >= 4 is 56.9 Å². The lowest BCUT2D eigenvalue weighted by Gasteiger charge is -2.21. The summed E-state index contributed by atoms with van der Waals surface area (Å²) in [7, 11) is 0. The van der Waals surface area contributed by atoms with E-state index in [0.29, 0.717) is 22.3 Å². The van der Waals surface area contributed by atoms with Crippen LogP contribution >= 0.6 is 46.4 Å². The van der Waals surface area contributed by atoms with Crippen molar-refractivity contribution in [2.75, 3.05) is 0 Å². The lowest BCUT2D eigenvalue weighted by Crippen LogP contribution is -2.12. The number of alkyl halides is 2. The molecule has 2 aromatic carbocycles. The molecule has 0 atom stereocenters. The van der Waals surface area contributed by atoms with Crippen molar-refractivity contribution in [2.24, 2.45) is 0 Å². The van der Waals surface area contributed by atoms with Gasteiger partial charge in [-0.2, -0.15) is 0 Å². The third-order valence-electron chi connectivity index (χ3n) is 2.95. The molecule has 6 heteroatoms. The highest BCUT2D eigenvalue weighted by Crippen LogP contribution is 2.41. The Morgan fingerprint density at radius 3 is 1.19 bits per heavy atom. The highest BCUT2D eigenvalue weighted by molar-refractivity contribution is 6.68. The molecule has 0 bridgehead atoms. The van der Waals surface area contributed by atoms with Crippen molar-refractivity contribution in [1.29, 1.82) is 0 Å². The van der Waals surface area contributed by atoms with Gasteiger partial charge >= 0.3 is 0 Å². The first-order chi connectivity index (χ1) is 9.82. The monoisotopic (exact) mass is 360 g/mol. The molecule has 0 amide bonds. The Morgan fingerprint density at radius 1 is 0.667 bits per heavy atom. The van der Waals surface area contributed by atoms with Crippen LogP contribution in [0.15, 0.2) is 48.5 Å². The van der Waals surface area contributed by atoms with Crippen LogP contribution in [0.25, 0.3) is 0 Å². The molecule has 0 N–H and O–H groups in total. The third-order valence-corrected chi connectivity index (χ3v) is 4.26. The Morgan fingerprint density at radius 2 is 0.952 bits per heavy atom. The number of benzene rings is 2. The molecule has 0 saturated carbocycles. The van der Waals surface area contributed by atoms with Gasteiger partial charge in [-0.25, -0.2) is 0 Å². The molecule has 0 fully saturated rings. The minimum Gasteiger partial charge on any atom is -0.276 e. The average Bonchev–Trinajstić information content (AvgIpc) is 2.47. The van der Waals surface area contributed by atoms with Gasteiger partial charge in [0.25, 0.3) is 10.5 Å². The molecule has 0 saturated heterocycles. The molecule has 0 aliphatic rings. The van der Waals surface area contributed by atoms with E-state index < -0.39 is 14.8 Å². The molecule has 108 valence electrons. The van der Waals surface area contributed by atoms with Crippen LogP contribution < -0.4 is 0 Å². The first kappa shape index (κ1) is 16.3. The minimum atomic E-state index is -1.32. The number of halogens is 4. The molecule has 0 radical (unpaired) electrons. The maximum absolute atomic E-state index is 11.0. The van der Waals surface area contributed by atoms with E-state index in [1.807, 2.05) is 0 Å². The van der Waals surface area contributed by atoms with Crippen LogP contribution in [0.4, 0.5) is 0 Å². The summed E-state index contributed by atoms with van der Waals surface area (Å²) in [6.07, 6.45) is 0. The minimum absolute atomic E-state index is 0.354. The van der Waals surface area contributed by atoms with E-state index in [9.17, 15) is 9.59 Å². The van der Waals surface area contributed by atoms with Gasteiger partial charge in [0.05, 0.1) is 0 Å². The summed E-state index contributed by atoms with van der Waals surface area (Å²) in [6.45, 7) is 0. The van der Waals surface area contributed by atoms with Gasteiger partial charge in [-0.3, -0.25) is 9.59 Å². The molecule has 2 rings (SSSR count). The van der Waals surface area contributed by atoms with Crippen molar-refractivity contribution in [3.8, 4) is 0 Å². The Labute approximate surface area is 141 Å². The number of hydrogen-bond donors (Lipinski definition) is 0. The average molecular weight is 362 g/mol. The molecule has 0 unspecified atom stereocenters. The summed E-state index contributed by atoms with van der Waals surface area (Å²) < 4.78 is -1.32. The van der Waals surface area contributed by atoms with Crippen LogP contribution in [-0.4, -0.2) is 10.5 Å². The number of carbonyl (C=O) groups is 2. The van der Waals surface area contributed by atoms with E-state index in [4.69, 9.17) is 46.4 Å². The first-order valence-electron chi connectivity index (χ1n) is 5.81. The summed E-state index contributed by atoms with van der Waals surface area (Å²) >= 11 is 23.5. The fourth-order valence-corrected chi connectivity index (χ4v) is 2.54. The van der Waals surface area contributed by atoms with E-state index in [1.54, 1.807) is 48.5 Å². The lowest BCUT2D eigenvalue weighted by atomic mass is 10.0. The molecular formula is C15H8Cl4O2. The van der Waals surface area contributed by atoms with Crippen molar-refractivity contribution in [2.45, 2.75) is 4.33 Å². The highest BCUT2D eigenvalue weighted by atomic mass is 35.5. The van der Waals surface area contributed by atoms with Gasteiger partial charge < -0.3 is 0 Å². The zero-order valence-electron chi connectivity index (χ0n) is 10.4. The standard InChI is InChI=1S/C15H8Cl4O2/c16-13(20)9-1-5-11(6-2-9)15(18,19)12-7-3-10(4-8-12)14(17)21/h1-8H. The zero-order valence-corrected chi connectivity index (χ0v) is 13.5. The van der Waals surface area contributed by atoms with Crippen LogP contribution in [0.1, 0.15) is 31.8 Å². The smallest absolute Gasteiger partial charge is 0.252 e. The van der Waals surface area contributed by atoms with E-state index in [0.717, 1.165) is 0 Å². The largest absolute Gasteiger partial charge is 0.276 e. The number of hydrogen-bond acceptors (Lipinski definition) is 2. The van der Waals surface area contributed by atoms with Crippen LogP contribution in [0.3, 0.4) is 0 Å². The summed E-state index contributed by atoms with van der Waals surface area (Å²) in [4.78, 5) is 22.1. The predicted octanol–water partition coefficient (Wildman–Crippen LogP) is 5.12. The number of rotatable bonds is 4. The second-order valence-corrected chi connectivity index (χ2v) is 6.29. The summed E-state index contributed by atoms with van der Waals surface area (Å²) in [6, 6.07) is 12.7. The molecule has 2 aromatic rings. The highest BCUT2D eigenvalue weighted by Gasteiger charge is 2.29. The second kappa shape index (κ2) is 6.37. The van der Waals surface area contributed by atoms with Gasteiger partial charge in [-0.05, 0) is 58.6 Å². The summed E-state index contributed by atoms with van der Waals surface area (Å²) in [5.74, 6) is 0. The molecule has 0 aliphatic heterocycles. The Bertz CT molecular complexity index is 616. The molecule has 0 aliphatic carbocycles. The van der Waals surface area contributed by atoms with E-state index in [2.05, 4.69) is 0 Å². The molecule has 0 aromatic heterocycles. The van der Waals surface area contributed by atoms with E-state index in [-0.39, 0.29) is 0 Å². The van der Waals surface area contributed by atoms with Crippen LogP contribution in [0.5, 0.6) is 0 Å². The van der Waals surface area contributed by atoms with Crippen molar-refractivity contribution in [3.63, 3.8) is 0 Å². The Hall–Kier alpha value is -1.06. The Kier molecular flexibility index (Phi) is 4.95. The summed E-state index contributed by atoms with van der Waals surface area (Å²) in [5, 5.41) is -1.11. The quantitative estimate of drug-likeness (QED) is 0.559. The fourth-order valence-electron chi connectivity index (χ4n) is 1.79. The number of carbonyl (C=O) groups excluding carboxylic acids is 2. The van der Waals surface area contributed by atoms with Gasteiger partial charge in [-0.15, -0.1) is 0 Å². The van der Waals surface area contributed by atoms with Gasteiger partial charge in [-0.1, -0.05) is 47.5 Å². The van der Waals surface area contributed by atoms with Gasteiger partial charge in [0.2, 0.25) is 0 Å². The van der Waals surface area contributed by atoms with E-state index >= 15 is 0 Å². The SMILES string of the molecule is O=C(Cl)c1ccc(C(Cl)(Cl)c2ccc(C(=O)Cl)cc2)cc1. The lowest BCUT2D eigenvalue weighted by molar-refractivity contribution is 0.107. The van der Waals surface area contributed by atoms with Crippen LogP contribution in [-0.2, 0) is 4.33 Å². The Balaban J connectivity index is 2.36. The molecule has 0 spiro atoms. The second-order valence-electron chi connectivity index (χ2n) is 4.28. The van der Waals surface area contributed by atoms with E-state index in [1.165, 1.54) is 0 Å².